The predicted molar refractivity (Wildman–Crippen MR) is 64.1 cm³/mol. The smallest absolute Gasteiger partial charge is 0.253 e. The monoisotopic (exact) mass is 218 g/mol. The van der Waals surface area contributed by atoms with Gasteiger partial charge in [0.05, 0.1) is 0 Å². The minimum absolute atomic E-state index is 0.138. The molecule has 86 valence electrons. The minimum Gasteiger partial charge on any atom is -0.338 e. The first-order valence-electron chi connectivity index (χ1n) is 5.85. The maximum Gasteiger partial charge on any atom is 0.253 e. The number of benzene rings is 1. The molecule has 2 N–H and O–H groups in total. The number of carbonyl (C=O) groups excluding carboxylic acids is 1. The summed E-state index contributed by atoms with van der Waals surface area (Å²) in [4.78, 5) is 14.1. The van der Waals surface area contributed by atoms with Gasteiger partial charge in [-0.3, -0.25) is 4.79 Å². The minimum atomic E-state index is 0.138. The standard InChI is InChI=1S/C13H18N2O/c14-9-11-5-4-8-15(10-11)13(16)12-6-2-1-3-7-12/h1-3,6-7,11H,4-5,8-10,14H2/t11-/m0/s1. The SMILES string of the molecule is NC[C@@H]1CCCN(C(=O)c2ccccc2)C1. The summed E-state index contributed by atoms with van der Waals surface area (Å²) in [5.41, 5.74) is 6.44. The largest absolute Gasteiger partial charge is 0.338 e. The van der Waals surface area contributed by atoms with E-state index < -0.39 is 0 Å². The van der Waals surface area contributed by atoms with Crippen LogP contribution in [0.25, 0.3) is 0 Å². The van der Waals surface area contributed by atoms with Crippen LogP contribution in [0.15, 0.2) is 30.3 Å². The zero-order chi connectivity index (χ0) is 11.4. The third kappa shape index (κ3) is 2.42. The fourth-order valence-corrected chi connectivity index (χ4v) is 2.21. The van der Waals surface area contributed by atoms with Crippen LogP contribution >= 0.6 is 0 Å². The van der Waals surface area contributed by atoms with Gasteiger partial charge in [0, 0.05) is 18.7 Å². The summed E-state index contributed by atoms with van der Waals surface area (Å²) in [7, 11) is 0. The molecule has 1 atom stereocenters. The molecule has 3 heteroatoms. The highest BCUT2D eigenvalue weighted by Gasteiger charge is 2.23. The molecule has 0 aliphatic carbocycles. The second-order valence-electron chi connectivity index (χ2n) is 4.36. The molecule has 1 aromatic carbocycles. The summed E-state index contributed by atoms with van der Waals surface area (Å²) >= 11 is 0. The van der Waals surface area contributed by atoms with E-state index in [0.29, 0.717) is 12.5 Å². The van der Waals surface area contributed by atoms with E-state index in [2.05, 4.69) is 0 Å². The molecule has 2 rings (SSSR count). The van der Waals surface area contributed by atoms with Gasteiger partial charge in [0.25, 0.3) is 5.91 Å². The lowest BCUT2D eigenvalue weighted by atomic mass is 9.97. The van der Waals surface area contributed by atoms with Gasteiger partial charge in [-0.05, 0) is 37.4 Å². The fourth-order valence-electron chi connectivity index (χ4n) is 2.21. The number of likely N-dealkylation sites (tertiary alicyclic amines) is 1. The molecule has 0 radical (unpaired) electrons. The number of piperidine rings is 1. The van der Waals surface area contributed by atoms with Crippen LogP contribution in [0.1, 0.15) is 23.2 Å². The van der Waals surface area contributed by atoms with E-state index in [1.54, 1.807) is 0 Å². The van der Waals surface area contributed by atoms with Crippen molar-refractivity contribution in [2.24, 2.45) is 11.7 Å². The first kappa shape index (κ1) is 11.1. The molecular weight excluding hydrogens is 200 g/mol. The van der Waals surface area contributed by atoms with Crippen molar-refractivity contribution in [1.82, 2.24) is 4.90 Å². The van der Waals surface area contributed by atoms with Crippen LogP contribution in [0.3, 0.4) is 0 Å². The second kappa shape index (κ2) is 5.12. The van der Waals surface area contributed by atoms with Crippen molar-refractivity contribution in [3.05, 3.63) is 35.9 Å². The molecule has 1 aromatic rings. The Bertz CT molecular complexity index is 350. The quantitative estimate of drug-likeness (QED) is 0.817. The van der Waals surface area contributed by atoms with Gasteiger partial charge in [-0.25, -0.2) is 0 Å². The van der Waals surface area contributed by atoms with Crippen LogP contribution in [-0.4, -0.2) is 30.4 Å². The molecule has 0 unspecified atom stereocenters. The Balaban J connectivity index is 2.05. The Kier molecular flexibility index (Phi) is 3.57. The molecule has 0 bridgehead atoms. The molecule has 1 aliphatic rings. The highest BCUT2D eigenvalue weighted by atomic mass is 16.2. The van der Waals surface area contributed by atoms with Crippen LogP contribution in [0, 0.1) is 5.92 Å². The molecule has 3 nitrogen and oxygen atoms in total. The van der Waals surface area contributed by atoms with E-state index in [-0.39, 0.29) is 5.91 Å². The Morgan fingerprint density at radius 2 is 2.12 bits per heavy atom. The Morgan fingerprint density at radius 1 is 1.38 bits per heavy atom. The highest BCUT2D eigenvalue weighted by molar-refractivity contribution is 5.94. The molecule has 1 fully saturated rings. The van der Waals surface area contributed by atoms with Crippen LogP contribution in [-0.2, 0) is 0 Å². The molecule has 0 aromatic heterocycles. The third-order valence-electron chi connectivity index (χ3n) is 3.16. The zero-order valence-corrected chi connectivity index (χ0v) is 9.43. The fraction of sp³-hybridized carbons (Fsp3) is 0.462. The molecule has 1 heterocycles. The van der Waals surface area contributed by atoms with E-state index >= 15 is 0 Å². The number of hydrogen-bond donors (Lipinski definition) is 1. The average Bonchev–Trinajstić information content (AvgIpc) is 2.39. The van der Waals surface area contributed by atoms with Gasteiger partial charge in [0.2, 0.25) is 0 Å². The van der Waals surface area contributed by atoms with Gasteiger partial charge in [0.1, 0.15) is 0 Å². The average molecular weight is 218 g/mol. The molecule has 0 spiro atoms. The number of amides is 1. The molecule has 1 saturated heterocycles. The van der Waals surface area contributed by atoms with Crippen molar-refractivity contribution >= 4 is 5.91 Å². The van der Waals surface area contributed by atoms with Gasteiger partial charge in [-0.1, -0.05) is 18.2 Å². The summed E-state index contributed by atoms with van der Waals surface area (Å²) < 4.78 is 0. The molecule has 16 heavy (non-hydrogen) atoms. The van der Waals surface area contributed by atoms with E-state index in [0.717, 1.165) is 31.5 Å². The van der Waals surface area contributed by atoms with E-state index in [1.165, 1.54) is 0 Å². The highest BCUT2D eigenvalue weighted by Crippen LogP contribution is 2.17. The number of carbonyl (C=O) groups is 1. The molecular formula is C13H18N2O. The van der Waals surface area contributed by atoms with Crippen molar-refractivity contribution in [1.29, 1.82) is 0 Å². The topological polar surface area (TPSA) is 46.3 Å². The summed E-state index contributed by atoms with van der Waals surface area (Å²) in [6, 6.07) is 9.47. The molecule has 1 amide bonds. The van der Waals surface area contributed by atoms with Gasteiger partial charge in [-0.15, -0.1) is 0 Å². The lowest BCUT2D eigenvalue weighted by Gasteiger charge is -2.32. The van der Waals surface area contributed by atoms with Gasteiger partial charge in [-0.2, -0.15) is 0 Å². The number of hydrogen-bond acceptors (Lipinski definition) is 2. The number of rotatable bonds is 2. The lowest BCUT2D eigenvalue weighted by Crippen LogP contribution is -2.42. The first-order valence-corrected chi connectivity index (χ1v) is 5.85. The molecule has 0 saturated carbocycles. The Morgan fingerprint density at radius 3 is 2.81 bits per heavy atom. The van der Waals surface area contributed by atoms with E-state index in [1.807, 2.05) is 35.2 Å². The van der Waals surface area contributed by atoms with Crippen molar-refractivity contribution < 1.29 is 4.79 Å². The normalized spacial score (nSPS) is 20.8. The Hall–Kier alpha value is -1.35. The van der Waals surface area contributed by atoms with Gasteiger partial charge in [0.15, 0.2) is 0 Å². The van der Waals surface area contributed by atoms with E-state index in [9.17, 15) is 4.79 Å². The summed E-state index contributed by atoms with van der Waals surface area (Å²) in [5, 5.41) is 0. The first-order chi connectivity index (χ1) is 7.81. The Labute approximate surface area is 96.2 Å². The van der Waals surface area contributed by atoms with Crippen molar-refractivity contribution in [3.8, 4) is 0 Å². The van der Waals surface area contributed by atoms with Crippen LogP contribution < -0.4 is 5.73 Å². The van der Waals surface area contributed by atoms with Crippen LogP contribution in [0.4, 0.5) is 0 Å². The summed E-state index contributed by atoms with van der Waals surface area (Å²) in [5.74, 6) is 0.611. The van der Waals surface area contributed by atoms with E-state index in [4.69, 9.17) is 5.73 Å². The van der Waals surface area contributed by atoms with Crippen LogP contribution in [0.2, 0.25) is 0 Å². The lowest BCUT2D eigenvalue weighted by molar-refractivity contribution is 0.0678. The maximum atomic E-state index is 12.1. The molecule has 1 aliphatic heterocycles. The summed E-state index contributed by atoms with van der Waals surface area (Å²) in [6.45, 7) is 2.35. The van der Waals surface area contributed by atoms with Crippen LogP contribution in [0.5, 0.6) is 0 Å². The number of nitrogens with zero attached hydrogens (tertiary/aromatic N) is 1. The zero-order valence-electron chi connectivity index (χ0n) is 9.43. The maximum absolute atomic E-state index is 12.1. The number of nitrogens with two attached hydrogens (primary N) is 1. The summed E-state index contributed by atoms with van der Waals surface area (Å²) in [6.07, 6.45) is 2.22. The van der Waals surface area contributed by atoms with Crippen molar-refractivity contribution in [2.45, 2.75) is 12.8 Å². The van der Waals surface area contributed by atoms with Crippen molar-refractivity contribution in [3.63, 3.8) is 0 Å². The second-order valence-corrected chi connectivity index (χ2v) is 4.36. The van der Waals surface area contributed by atoms with Gasteiger partial charge >= 0.3 is 0 Å². The predicted octanol–water partition coefficient (Wildman–Crippen LogP) is 1.50. The third-order valence-corrected chi connectivity index (χ3v) is 3.16. The van der Waals surface area contributed by atoms with Gasteiger partial charge < -0.3 is 10.6 Å². The van der Waals surface area contributed by atoms with Crippen molar-refractivity contribution in [2.75, 3.05) is 19.6 Å².